The third-order valence-corrected chi connectivity index (χ3v) is 8.35. The minimum atomic E-state index is -3.97. The second-order valence-corrected chi connectivity index (χ2v) is 11.0. The molecule has 6 nitrogen and oxygen atoms in total. The van der Waals surface area contributed by atoms with Gasteiger partial charge in [0.15, 0.2) is 0 Å². The molecule has 0 bridgehead atoms. The SMILES string of the molecule is O=C(CN(c1ccc(Br)cc1)S(=O)(=O)c1ccccc1)N/N=C/c1ccc2c3c(cccc13)CC2. The Morgan fingerprint density at radius 2 is 1.63 bits per heavy atom. The number of nitrogens with zero attached hydrogens (tertiary/aromatic N) is 2. The van der Waals surface area contributed by atoms with E-state index >= 15 is 0 Å². The van der Waals surface area contributed by atoms with Crippen LogP contribution >= 0.6 is 15.9 Å². The van der Waals surface area contributed by atoms with Crippen molar-refractivity contribution in [2.24, 2.45) is 5.10 Å². The van der Waals surface area contributed by atoms with E-state index in [-0.39, 0.29) is 4.90 Å². The molecule has 0 aliphatic heterocycles. The number of aryl methyl sites for hydroxylation is 2. The van der Waals surface area contributed by atoms with Gasteiger partial charge < -0.3 is 0 Å². The normalized spacial score (nSPS) is 12.8. The number of anilines is 1. The van der Waals surface area contributed by atoms with Crippen LogP contribution in [0.3, 0.4) is 0 Å². The summed E-state index contributed by atoms with van der Waals surface area (Å²) in [6.45, 7) is -0.417. The first kappa shape index (κ1) is 23.3. The third-order valence-electron chi connectivity index (χ3n) is 6.04. The van der Waals surface area contributed by atoms with Gasteiger partial charge in [-0.05, 0) is 71.1 Å². The maximum absolute atomic E-state index is 13.4. The Kier molecular flexibility index (Phi) is 6.40. The van der Waals surface area contributed by atoms with E-state index in [0.29, 0.717) is 5.69 Å². The van der Waals surface area contributed by atoms with E-state index in [1.165, 1.54) is 28.6 Å². The highest BCUT2D eigenvalue weighted by Crippen LogP contribution is 2.32. The molecule has 0 radical (unpaired) electrons. The molecule has 0 aromatic heterocycles. The molecule has 0 unspecified atom stereocenters. The molecule has 35 heavy (non-hydrogen) atoms. The molecule has 4 aromatic carbocycles. The number of hydrogen-bond donors (Lipinski definition) is 1. The molecule has 0 saturated carbocycles. The summed E-state index contributed by atoms with van der Waals surface area (Å²) in [5.74, 6) is -0.547. The predicted molar refractivity (Wildman–Crippen MR) is 142 cm³/mol. The van der Waals surface area contributed by atoms with E-state index in [2.05, 4.69) is 44.7 Å². The maximum atomic E-state index is 13.4. The van der Waals surface area contributed by atoms with Crippen LogP contribution in [0.15, 0.2) is 99.4 Å². The molecule has 0 atom stereocenters. The number of rotatable bonds is 7. The van der Waals surface area contributed by atoms with Crippen molar-refractivity contribution in [3.8, 4) is 0 Å². The van der Waals surface area contributed by atoms with Crippen molar-refractivity contribution in [3.63, 3.8) is 0 Å². The summed E-state index contributed by atoms with van der Waals surface area (Å²) in [6.07, 6.45) is 3.67. The van der Waals surface area contributed by atoms with Gasteiger partial charge in [0.2, 0.25) is 0 Å². The topological polar surface area (TPSA) is 78.8 Å². The highest BCUT2D eigenvalue weighted by molar-refractivity contribution is 9.10. The summed E-state index contributed by atoms with van der Waals surface area (Å²) >= 11 is 3.36. The van der Waals surface area contributed by atoms with E-state index in [1.807, 2.05) is 12.1 Å². The van der Waals surface area contributed by atoms with Crippen LogP contribution < -0.4 is 9.73 Å². The summed E-state index contributed by atoms with van der Waals surface area (Å²) in [7, 11) is -3.97. The monoisotopic (exact) mass is 547 g/mol. The van der Waals surface area contributed by atoms with Gasteiger partial charge in [0.05, 0.1) is 16.8 Å². The van der Waals surface area contributed by atoms with Crippen LogP contribution in [0.25, 0.3) is 10.8 Å². The number of hydrogen-bond acceptors (Lipinski definition) is 4. The van der Waals surface area contributed by atoms with E-state index in [9.17, 15) is 13.2 Å². The van der Waals surface area contributed by atoms with Crippen molar-refractivity contribution in [1.82, 2.24) is 5.43 Å². The molecular weight excluding hydrogens is 526 g/mol. The molecule has 1 aliphatic rings. The first-order valence-corrected chi connectivity index (χ1v) is 13.4. The molecule has 0 spiro atoms. The molecule has 0 heterocycles. The molecule has 1 aliphatic carbocycles. The lowest BCUT2D eigenvalue weighted by Crippen LogP contribution is -2.39. The Labute approximate surface area is 212 Å². The van der Waals surface area contributed by atoms with Crippen LogP contribution in [-0.2, 0) is 27.7 Å². The fraction of sp³-hybridized carbons (Fsp3) is 0.111. The van der Waals surface area contributed by atoms with Gasteiger partial charge in [-0.15, -0.1) is 0 Å². The number of halogens is 1. The highest BCUT2D eigenvalue weighted by atomic mass is 79.9. The minimum absolute atomic E-state index is 0.104. The van der Waals surface area contributed by atoms with Gasteiger partial charge in [-0.1, -0.05) is 64.5 Å². The van der Waals surface area contributed by atoms with Crippen molar-refractivity contribution < 1.29 is 13.2 Å². The molecule has 5 rings (SSSR count). The summed E-state index contributed by atoms with van der Waals surface area (Å²) in [4.78, 5) is 12.9. The number of carbonyl (C=O) groups is 1. The number of hydrazone groups is 1. The lowest BCUT2D eigenvalue weighted by Gasteiger charge is -2.23. The van der Waals surface area contributed by atoms with Crippen molar-refractivity contribution in [2.75, 3.05) is 10.8 Å². The summed E-state index contributed by atoms with van der Waals surface area (Å²) in [6, 6.07) is 25.1. The van der Waals surface area contributed by atoms with Crippen LogP contribution in [0, 0.1) is 0 Å². The van der Waals surface area contributed by atoms with Gasteiger partial charge in [0.25, 0.3) is 15.9 Å². The predicted octanol–water partition coefficient (Wildman–Crippen LogP) is 5.05. The Morgan fingerprint density at radius 1 is 0.914 bits per heavy atom. The summed E-state index contributed by atoms with van der Waals surface area (Å²) < 4.78 is 28.6. The number of amides is 1. The lowest BCUT2D eigenvalue weighted by atomic mass is 10.0. The van der Waals surface area contributed by atoms with Crippen LogP contribution in [0.4, 0.5) is 5.69 Å². The standard InChI is InChI=1S/C27H22BrN3O3S/c28-22-13-15-23(16-14-22)31(35(33,34)24-6-2-1-3-7-24)18-26(32)30-29-17-21-12-11-20-10-9-19-5-4-8-25(21)27(19)20/h1-8,11-17H,9-10,18H2,(H,30,32)/b29-17+. The Bertz CT molecular complexity index is 1530. The average Bonchev–Trinajstić information content (AvgIpc) is 3.30. The Balaban J connectivity index is 1.38. The highest BCUT2D eigenvalue weighted by Gasteiger charge is 2.27. The maximum Gasteiger partial charge on any atom is 0.264 e. The Morgan fingerprint density at radius 3 is 2.37 bits per heavy atom. The van der Waals surface area contributed by atoms with Gasteiger partial charge in [-0.2, -0.15) is 5.10 Å². The van der Waals surface area contributed by atoms with Crippen molar-refractivity contribution in [3.05, 3.63) is 106 Å². The van der Waals surface area contributed by atoms with Gasteiger partial charge in [-0.25, -0.2) is 13.8 Å². The summed E-state index contributed by atoms with van der Waals surface area (Å²) in [5, 5.41) is 6.49. The minimum Gasteiger partial charge on any atom is -0.271 e. The molecule has 0 fully saturated rings. The number of sulfonamides is 1. The first-order chi connectivity index (χ1) is 16.9. The number of nitrogens with one attached hydrogen (secondary N) is 1. The van der Waals surface area contributed by atoms with E-state index in [0.717, 1.165) is 32.6 Å². The van der Waals surface area contributed by atoms with Crippen LogP contribution in [0.2, 0.25) is 0 Å². The summed E-state index contributed by atoms with van der Waals surface area (Å²) in [5.41, 5.74) is 6.42. The van der Waals surface area contributed by atoms with E-state index in [4.69, 9.17) is 0 Å². The molecule has 176 valence electrons. The van der Waals surface area contributed by atoms with E-state index < -0.39 is 22.5 Å². The van der Waals surface area contributed by atoms with Crippen LogP contribution in [0.1, 0.15) is 16.7 Å². The molecule has 4 aromatic rings. The van der Waals surface area contributed by atoms with Gasteiger partial charge in [-0.3, -0.25) is 9.10 Å². The quantitative estimate of drug-likeness (QED) is 0.260. The molecular formula is C27H22BrN3O3S. The van der Waals surface area contributed by atoms with Crippen molar-refractivity contribution in [2.45, 2.75) is 17.7 Å². The fourth-order valence-electron chi connectivity index (χ4n) is 4.36. The molecule has 1 N–H and O–H groups in total. The van der Waals surface area contributed by atoms with Crippen LogP contribution in [0.5, 0.6) is 0 Å². The Hall–Kier alpha value is -3.49. The lowest BCUT2D eigenvalue weighted by molar-refractivity contribution is -0.119. The van der Waals surface area contributed by atoms with Crippen molar-refractivity contribution in [1.29, 1.82) is 0 Å². The molecule has 8 heteroatoms. The second kappa shape index (κ2) is 9.64. The zero-order valence-electron chi connectivity index (χ0n) is 18.7. The third kappa shape index (κ3) is 4.72. The zero-order valence-corrected chi connectivity index (χ0v) is 21.1. The van der Waals surface area contributed by atoms with E-state index in [1.54, 1.807) is 48.7 Å². The smallest absolute Gasteiger partial charge is 0.264 e. The van der Waals surface area contributed by atoms with Gasteiger partial charge in [0.1, 0.15) is 6.54 Å². The van der Waals surface area contributed by atoms with Crippen LogP contribution in [-0.4, -0.2) is 27.1 Å². The van der Waals surface area contributed by atoms with Gasteiger partial charge >= 0.3 is 0 Å². The zero-order chi connectivity index (χ0) is 24.4. The average molecular weight is 548 g/mol. The number of benzene rings is 4. The second-order valence-electron chi connectivity index (χ2n) is 8.25. The van der Waals surface area contributed by atoms with Crippen molar-refractivity contribution >= 4 is 54.5 Å². The molecule has 1 amide bonds. The molecule has 0 saturated heterocycles. The number of carbonyl (C=O) groups excluding carboxylic acids is 1. The largest absolute Gasteiger partial charge is 0.271 e. The fourth-order valence-corrected chi connectivity index (χ4v) is 6.07. The first-order valence-electron chi connectivity index (χ1n) is 11.1. The van der Waals surface area contributed by atoms with Gasteiger partial charge in [0, 0.05) is 10.0 Å².